The molecule has 25 heavy (non-hydrogen) atoms. The SMILES string of the molecule is [B-][P+](/C(=C\c1ccccc1)[C@@H](C)O)(C1CCCCC1)C1CCCCC1. The Labute approximate surface area is 156 Å². The molecule has 1 nitrogen and oxygen atoms in total. The second-order valence-electron chi connectivity index (χ2n) is 8.07. The summed E-state index contributed by atoms with van der Waals surface area (Å²) in [7, 11) is 5.58. The van der Waals surface area contributed by atoms with E-state index in [2.05, 4.69) is 30.3 Å². The molecule has 2 aliphatic carbocycles. The zero-order valence-corrected chi connectivity index (χ0v) is 16.6. The summed E-state index contributed by atoms with van der Waals surface area (Å²) in [6.07, 6.45) is 14.8. The van der Waals surface area contributed by atoms with Crippen molar-refractivity contribution in [1.82, 2.24) is 0 Å². The van der Waals surface area contributed by atoms with E-state index >= 15 is 0 Å². The van der Waals surface area contributed by atoms with Crippen LogP contribution in [0.5, 0.6) is 0 Å². The Morgan fingerprint density at radius 1 is 0.960 bits per heavy atom. The van der Waals surface area contributed by atoms with Crippen molar-refractivity contribution in [2.75, 3.05) is 0 Å². The van der Waals surface area contributed by atoms with Crippen LogP contribution in [-0.4, -0.2) is 30.1 Å². The number of hydrogen-bond donors (Lipinski definition) is 1. The Morgan fingerprint density at radius 2 is 1.44 bits per heavy atom. The van der Waals surface area contributed by atoms with E-state index in [-0.39, 0.29) is 0 Å². The molecule has 1 aromatic rings. The first-order chi connectivity index (χ1) is 12.1. The summed E-state index contributed by atoms with van der Waals surface area (Å²) in [6.45, 7) is 1.93. The van der Waals surface area contributed by atoms with Crippen LogP contribution in [0.4, 0.5) is 0 Å². The normalized spacial score (nSPS) is 22.8. The van der Waals surface area contributed by atoms with E-state index < -0.39 is 13.2 Å². The highest BCUT2D eigenvalue weighted by atomic mass is 31.2. The molecular formula is C22H33BOP. The van der Waals surface area contributed by atoms with Gasteiger partial charge in [0.1, 0.15) is 6.10 Å². The Bertz CT molecular complexity index is 539. The zero-order valence-electron chi connectivity index (χ0n) is 15.7. The van der Waals surface area contributed by atoms with E-state index in [0.717, 1.165) is 0 Å². The summed E-state index contributed by atoms with van der Waals surface area (Å²) >= 11 is 0. The summed E-state index contributed by atoms with van der Waals surface area (Å²) in [6, 6.07) is 10.5. The van der Waals surface area contributed by atoms with Gasteiger partial charge in [0.2, 0.25) is 0 Å². The molecule has 2 fully saturated rings. The van der Waals surface area contributed by atoms with Crippen molar-refractivity contribution in [3.8, 4) is 0 Å². The molecule has 0 aromatic heterocycles. The minimum Gasteiger partial charge on any atom is -0.385 e. The molecule has 1 atom stereocenters. The van der Waals surface area contributed by atoms with Crippen LogP contribution in [0.15, 0.2) is 35.6 Å². The first-order valence-corrected chi connectivity index (χ1v) is 12.2. The lowest BCUT2D eigenvalue weighted by atomic mass is 9.99. The average Bonchev–Trinajstić information content (AvgIpc) is 2.67. The first-order valence-electron chi connectivity index (χ1n) is 10.2. The fourth-order valence-corrected chi connectivity index (χ4v) is 9.91. The van der Waals surface area contributed by atoms with Gasteiger partial charge in [-0.2, -0.15) is 0 Å². The lowest BCUT2D eigenvalue weighted by molar-refractivity contribution is 0.239. The van der Waals surface area contributed by atoms with Gasteiger partial charge in [0.25, 0.3) is 0 Å². The van der Waals surface area contributed by atoms with Gasteiger partial charge < -0.3 is 5.11 Å². The average molecular weight is 355 g/mol. The Balaban J connectivity index is 2.01. The fourth-order valence-electron chi connectivity index (χ4n) is 5.01. The number of benzene rings is 1. The summed E-state index contributed by atoms with van der Waals surface area (Å²) in [5.41, 5.74) is 2.42. The molecule has 0 unspecified atom stereocenters. The van der Waals surface area contributed by atoms with Gasteiger partial charge in [-0.1, -0.05) is 43.2 Å². The van der Waals surface area contributed by atoms with Gasteiger partial charge in [-0.05, 0) is 69.9 Å². The predicted molar refractivity (Wildman–Crippen MR) is 113 cm³/mol. The van der Waals surface area contributed by atoms with Crippen molar-refractivity contribution in [1.29, 1.82) is 0 Å². The highest BCUT2D eigenvalue weighted by Gasteiger charge is 2.42. The molecule has 1 N–H and O–H groups in total. The maximum Gasteiger partial charge on any atom is 0.104 e. The lowest BCUT2D eigenvalue weighted by Gasteiger charge is -2.53. The maximum atomic E-state index is 10.7. The highest BCUT2D eigenvalue weighted by molar-refractivity contribution is 8.01. The molecule has 0 aliphatic heterocycles. The second kappa shape index (κ2) is 8.87. The van der Waals surface area contributed by atoms with E-state index in [1.165, 1.54) is 75.1 Å². The maximum absolute atomic E-state index is 10.7. The number of rotatable bonds is 5. The minimum absolute atomic E-state index is 0.442. The third-order valence-corrected chi connectivity index (χ3v) is 11.2. The molecule has 3 rings (SSSR count). The topological polar surface area (TPSA) is 20.2 Å². The highest BCUT2D eigenvalue weighted by Crippen LogP contribution is 2.74. The molecule has 0 bridgehead atoms. The van der Waals surface area contributed by atoms with E-state index in [0.29, 0.717) is 11.3 Å². The molecule has 0 heterocycles. The van der Waals surface area contributed by atoms with Gasteiger partial charge in [-0.15, -0.1) is 0 Å². The molecule has 3 radical (unpaired) electrons. The molecule has 1 aromatic carbocycles. The van der Waals surface area contributed by atoms with E-state index in [1.807, 2.05) is 13.0 Å². The molecule has 0 spiro atoms. The Hall–Kier alpha value is -0.585. The van der Waals surface area contributed by atoms with Crippen molar-refractivity contribution >= 4 is 20.8 Å². The standard InChI is InChI=1S/C22H33BOP/c1-18(24)22(17-19-11-5-2-6-12-19)25(23,20-13-7-3-8-14-20)21-15-9-4-10-16-21/h2,5-6,11-12,17-18,20-21,24H,3-4,7-10,13-16H2,1H3/b22-17-/t18-/m1/s1. The third kappa shape index (κ3) is 4.40. The van der Waals surface area contributed by atoms with Crippen molar-refractivity contribution in [2.24, 2.45) is 0 Å². The zero-order chi connectivity index (χ0) is 17.7. The van der Waals surface area contributed by atoms with Crippen molar-refractivity contribution < 1.29 is 5.11 Å². The van der Waals surface area contributed by atoms with Crippen molar-refractivity contribution in [3.63, 3.8) is 0 Å². The van der Waals surface area contributed by atoms with Crippen molar-refractivity contribution in [3.05, 3.63) is 41.2 Å². The lowest BCUT2D eigenvalue weighted by Crippen LogP contribution is -2.31. The molecule has 135 valence electrons. The molecule has 0 amide bonds. The Morgan fingerprint density at radius 3 is 1.88 bits per heavy atom. The summed E-state index contributed by atoms with van der Waals surface area (Å²) in [4.78, 5) is 0. The summed E-state index contributed by atoms with van der Waals surface area (Å²) < 4.78 is 0. The summed E-state index contributed by atoms with van der Waals surface area (Å²) in [5, 5.41) is 11.9. The summed E-state index contributed by atoms with van der Waals surface area (Å²) in [5.74, 6) is 0. The quantitative estimate of drug-likeness (QED) is 0.494. The van der Waals surface area contributed by atoms with Crippen LogP contribution in [0, 0.1) is 0 Å². The molecule has 2 saturated carbocycles. The minimum atomic E-state index is -1.84. The van der Waals surface area contributed by atoms with Gasteiger partial charge in [0, 0.05) is 16.6 Å². The smallest absolute Gasteiger partial charge is 0.104 e. The van der Waals surface area contributed by atoms with Gasteiger partial charge in [-0.3, -0.25) is 7.57 Å². The molecule has 0 saturated heterocycles. The third-order valence-electron chi connectivity index (χ3n) is 6.35. The monoisotopic (exact) mass is 355 g/mol. The Kier molecular flexibility index (Phi) is 6.81. The van der Waals surface area contributed by atoms with Crippen LogP contribution in [0.2, 0.25) is 0 Å². The predicted octanol–water partition coefficient (Wildman–Crippen LogP) is 6.17. The first kappa shape index (κ1) is 19.2. The molecule has 2 aliphatic rings. The van der Waals surface area contributed by atoms with E-state index in [4.69, 9.17) is 7.57 Å². The van der Waals surface area contributed by atoms with Crippen LogP contribution in [-0.2, 0) is 0 Å². The van der Waals surface area contributed by atoms with Crippen molar-refractivity contribution in [2.45, 2.75) is 88.6 Å². The second-order valence-corrected chi connectivity index (χ2v) is 11.7. The van der Waals surface area contributed by atoms with Gasteiger partial charge in [-0.25, -0.2) is 7.14 Å². The van der Waals surface area contributed by atoms with Gasteiger partial charge >= 0.3 is 0 Å². The van der Waals surface area contributed by atoms with Crippen LogP contribution in [0.3, 0.4) is 0 Å². The van der Waals surface area contributed by atoms with Crippen LogP contribution in [0.25, 0.3) is 6.08 Å². The largest absolute Gasteiger partial charge is 0.385 e. The van der Waals surface area contributed by atoms with E-state index in [9.17, 15) is 5.11 Å². The van der Waals surface area contributed by atoms with Gasteiger partial charge in [0.05, 0.1) is 0 Å². The van der Waals surface area contributed by atoms with Crippen LogP contribution in [0.1, 0.15) is 76.7 Å². The number of aliphatic hydroxyl groups is 1. The van der Waals surface area contributed by atoms with E-state index in [1.54, 1.807) is 0 Å². The van der Waals surface area contributed by atoms with Gasteiger partial charge in [0.15, 0.2) is 0 Å². The fraction of sp³-hybridized carbons (Fsp3) is 0.636. The number of hydrogen-bond acceptors (Lipinski definition) is 1. The number of aliphatic hydroxyl groups excluding tert-OH is 1. The molecular weight excluding hydrogens is 322 g/mol. The van der Waals surface area contributed by atoms with Crippen LogP contribution < -0.4 is 0 Å². The van der Waals surface area contributed by atoms with Crippen LogP contribution >= 0.6 is 7.14 Å². The molecule has 3 heteroatoms.